The first-order chi connectivity index (χ1) is 9.81. The topological polar surface area (TPSA) is 9.23 Å². The molecule has 0 spiro atoms. The van der Waals surface area contributed by atoms with Gasteiger partial charge in [0.2, 0.25) is 0 Å². The average Bonchev–Trinajstić information content (AvgIpc) is 2.49. The van der Waals surface area contributed by atoms with E-state index in [0.29, 0.717) is 0 Å². The summed E-state index contributed by atoms with van der Waals surface area (Å²) in [6.07, 6.45) is 8.69. The first kappa shape index (κ1) is 15.6. The maximum atomic E-state index is 5.49. The van der Waals surface area contributed by atoms with Crippen molar-refractivity contribution >= 4 is 9.52 Å². The second kappa shape index (κ2) is 8.51. The van der Waals surface area contributed by atoms with E-state index >= 15 is 0 Å². The number of aryl methyl sites for hydroxylation is 1. The highest BCUT2D eigenvalue weighted by atomic mass is 28.2. The number of hydrogen-bond acceptors (Lipinski definition) is 1. The summed E-state index contributed by atoms with van der Waals surface area (Å²) in [5, 5.41) is 0. The van der Waals surface area contributed by atoms with E-state index in [1.54, 1.807) is 0 Å². The van der Waals surface area contributed by atoms with Crippen molar-refractivity contribution in [3.8, 4) is 5.75 Å². The maximum absolute atomic E-state index is 5.49. The standard InChI is InChI=1S/C18H30OSi/c1-3-19-17-11-7-15(8-12-17)5-6-16-9-13-18(14-10-16)20-4-2/h7-8,11-12,16,18H,3-6,9-10,13-14,20H2,1-2H3/t16-,18-. The summed E-state index contributed by atoms with van der Waals surface area (Å²) < 4.78 is 5.49. The molecule has 1 aromatic rings. The van der Waals surface area contributed by atoms with E-state index in [4.69, 9.17) is 4.74 Å². The third-order valence-electron chi connectivity index (χ3n) is 4.74. The van der Waals surface area contributed by atoms with Crippen LogP contribution in [0.3, 0.4) is 0 Å². The summed E-state index contributed by atoms with van der Waals surface area (Å²) in [5.74, 6) is 1.99. The Balaban J connectivity index is 1.70. The highest BCUT2D eigenvalue weighted by Gasteiger charge is 2.20. The van der Waals surface area contributed by atoms with E-state index in [9.17, 15) is 0 Å². The van der Waals surface area contributed by atoms with Crippen LogP contribution in [-0.2, 0) is 6.42 Å². The zero-order valence-electron chi connectivity index (χ0n) is 13.2. The lowest BCUT2D eigenvalue weighted by Gasteiger charge is -2.28. The molecule has 1 aliphatic carbocycles. The molecule has 0 radical (unpaired) electrons. The molecule has 1 aliphatic rings. The minimum atomic E-state index is 0.265. The molecule has 1 fully saturated rings. The molecule has 112 valence electrons. The third kappa shape index (κ3) is 4.97. The number of ether oxygens (including phenoxy) is 1. The number of rotatable bonds is 7. The van der Waals surface area contributed by atoms with Crippen LogP contribution in [0.15, 0.2) is 24.3 Å². The fraction of sp³-hybridized carbons (Fsp3) is 0.667. The molecule has 0 aliphatic heterocycles. The van der Waals surface area contributed by atoms with E-state index in [1.165, 1.54) is 55.7 Å². The lowest BCUT2D eigenvalue weighted by molar-refractivity contribution is 0.336. The van der Waals surface area contributed by atoms with Crippen LogP contribution < -0.4 is 4.74 Å². The SMILES string of the molecule is CCOc1ccc(CC[C@H]2CC[C@H]([SiH2]CC)CC2)cc1. The summed E-state index contributed by atoms with van der Waals surface area (Å²) in [6.45, 7) is 5.17. The first-order valence-electron chi connectivity index (χ1n) is 8.53. The molecule has 20 heavy (non-hydrogen) atoms. The van der Waals surface area contributed by atoms with Gasteiger partial charge in [-0.1, -0.05) is 56.3 Å². The third-order valence-corrected chi connectivity index (χ3v) is 6.95. The second-order valence-electron chi connectivity index (χ2n) is 6.29. The molecule has 1 nitrogen and oxygen atoms in total. The van der Waals surface area contributed by atoms with Gasteiger partial charge in [-0.25, -0.2) is 0 Å². The zero-order chi connectivity index (χ0) is 14.2. The molecular formula is C18H30OSi. The largest absolute Gasteiger partial charge is 0.494 e. The summed E-state index contributed by atoms with van der Waals surface area (Å²) in [6, 6.07) is 10.2. The van der Waals surface area contributed by atoms with Crippen LogP contribution in [0, 0.1) is 5.92 Å². The summed E-state index contributed by atoms with van der Waals surface area (Å²) in [5.41, 5.74) is 2.64. The van der Waals surface area contributed by atoms with Gasteiger partial charge in [-0.05, 0) is 43.4 Å². The molecule has 0 heterocycles. The molecule has 0 amide bonds. The van der Waals surface area contributed by atoms with Gasteiger partial charge in [-0.2, -0.15) is 0 Å². The molecule has 0 aromatic heterocycles. The Morgan fingerprint density at radius 2 is 1.75 bits per heavy atom. The van der Waals surface area contributed by atoms with E-state index < -0.39 is 0 Å². The van der Waals surface area contributed by atoms with Gasteiger partial charge >= 0.3 is 0 Å². The summed E-state index contributed by atoms with van der Waals surface area (Å²) in [7, 11) is 0.265. The van der Waals surface area contributed by atoms with Crippen molar-refractivity contribution in [1.82, 2.24) is 0 Å². The van der Waals surface area contributed by atoms with E-state index in [-0.39, 0.29) is 9.52 Å². The normalized spacial score (nSPS) is 23.3. The minimum Gasteiger partial charge on any atom is -0.494 e. The van der Waals surface area contributed by atoms with Crippen molar-refractivity contribution in [2.24, 2.45) is 5.92 Å². The Bertz CT molecular complexity index is 366. The van der Waals surface area contributed by atoms with Gasteiger partial charge in [0.15, 0.2) is 0 Å². The predicted molar refractivity (Wildman–Crippen MR) is 90.7 cm³/mol. The zero-order valence-corrected chi connectivity index (χ0v) is 14.7. The monoisotopic (exact) mass is 290 g/mol. The van der Waals surface area contributed by atoms with Gasteiger partial charge in [0.05, 0.1) is 6.61 Å². The fourth-order valence-electron chi connectivity index (χ4n) is 3.51. The molecule has 1 aromatic carbocycles. The Morgan fingerprint density at radius 1 is 1.05 bits per heavy atom. The van der Waals surface area contributed by atoms with Crippen molar-refractivity contribution < 1.29 is 4.74 Å². The van der Waals surface area contributed by atoms with Gasteiger partial charge in [0.1, 0.15) is 5.75 Å². The van der Waals surface area contributed by atoms with Gasteiger partial charge in [0, 0.05) is 9.52 Å². The van der Waals surface area contributed by atoms with E-state index in [2.05, 4.69) is 31.2 Å². The van der Waals surface area contributed by atoms with E-state index in [0.717, 1.165) is 18.3 Å². The molecule has 0 unspecified atom stereocenters. The average molecular weight is 291 g/mol. The lowest BCUT2D eigenvalue weighted by Crippen LogP contribution is -2.15. The van der Waals surface area contributed by atoms with Crippen molar-refractivity contribution in [3.05, 3.63) is 29.8 Å². The van der Waals surface area contributed by atoms with Crippen LogP contribution >= 0.6 is 0 Å². The maximum Gasteiger partial charge on any atom is 0.119 e. The summed E-state index contributed by atoms with van der Waals surface area (Å²) >= 11 is 0. The predicted octanol–water partition coefficient (Wildman–Crippen LogP) is 4.60. The fourth-order valence-corrected chi connectivity index (χ4v) is 5.37. The Morgan fingerprint density at radius 3 is 2.35 bits per heavy atom. The molecule has 0 saturated heterocycles. The van der Waals surface area contributed by atoms with Crippen LogP contribution in [0.1, 0.15) is 51.5 Å². The molecule has 0 bridgehead atoms. The van der Waals surface area contributed by atoms with Crippen molar-refractivity contribution in [1.29, 1.82) is 0 Å². The van der Waals surface area contributed by atoms with Crippen LogP contribution in [-0.4, -0.2) is 16.1 Å². The lowest BCUT2D eigenvalue weighted by atomic mass is 9.85. The highest BCUT2D eigenvalue weighted by Crippen LogP contribution is 2.34. The quantitative estimate of drug-likeness (QED) is 0.667. The minimum absolute atomic E-state index is 0.265. The molecule has 2 heteroatoms. The Labute approximate surface area is 126 Å². The molecule has 0 N–H and O–H groups in total. The van der Waals surface area contributed by atoms with Crippen LogP contribution in [0.25, 0.3) is 0 Å². The van der Waals surface area contributed by atoms with Crippen molar-refractivity contribution in [3.63, 3.8) is 0 Å². The van der Waals surface area contributed by atoms with Gasteiger partial charge < -0.3 is 4.74 Å². The number of benzene rings is 1. The van der Waals surface area contributed by atoms with Crippen LogP contribution in [0.2, 0.25) is 11.6 Å². The Kier molecular flexibility index (Phi) is 6.65. The van der Waals surface area contributed by atoms with Gasteiger partial charge in [-0.3, -0.25) is 0 Å². The molecular weight excluding hydrogens is 260 g/mol. The smallest absolute Gasteiger partial charge is 0.119 e. The molecule has 1 saturated carbocycles. The van der Waals surface area contributed by atoms with Gasteiger partial charge in [0.25, 0.3) is 0 Å². The van der Waals surface area contributed by atoms with Crippen LogP contribution in [0.4, 0.5) is 0 Å². The van der Waals surface area contributed by atoms with Crippen LogP contribution in [0.5, 0.6) is 5.75 Å². The van der Waals surface area contributed by atoms with Crippen molar-refractivity contribution in [2.75, 3.05) is 6.61 Å². The second-order valence-corrected chi connectivity index (χ2v) is 9.02. The van der Waals surface area contributed by atoms with Gasteiger partial charge in [-0.15, -0.1) is 0 Å². The number of hydrogen-bond donors (Lipinski definition) is 0. The molecule has 2 rings (SSSR count). The first-order valence-corrected chi connectivity index (χ1v) is 10.3. The Hall–Kier alpha value is -0.763. The molecule has 0 atom stereocenters. The summed E-state index contributed by atoms with van der Waals surface area (Å²) in [4.78, 5) is 0. The highest BCUT2D eigenvalue weighted by molar-refractivity contribution is 6.37. The van der Waals surface area contributed by atoms with Crippen molar-refractivity contribution in [2.45, 2.75) is 64.0 Å². The van der Waals surface area contributed by atoms with E-state index in [1.807, 2.05) is 6.92 Å².